The molecule has 0 bridgehead atoms. The van der Waals surface area contributed by atoms with Crippen molar-refractivity contribution < 1.29 is 8.78 Å². The minimum Gasteiger partial charge on any atom is -0.173 e. The molecule has 0 N–H and O–H groups in total. The Morgan fingerprint density at radius 1 is 0.824 bits per heavy atom. The monoisotopic (exact) mass is 294 g/mol. The van der Waals surface area contributed by atoms with Crippen LogP contribution in [0, 0.1) is 0 Å². The van der Waals surface area contributed by atoms with E-state index in [4.69, 9.17) is 0 Å². The second-order valence-electron chi connectivity index (χ2n) is 3.48. The Balaban J connectivity index is 2.61. The fraction of sp³-hybridized carbons (Fsp3) is 0. The van der Waals surface area contributed by atoms with Crippen molar-refractivity contribution in [3.8, 4) is 0 Å². The van der Waals surface area contributed by atoms with Gasteiger partial charge in [-0.2, -0.15) is 8.78 Å². The van der Waals surface area contributed by atoms with Gasteiger partial charge in [0.25, 0.3) is 6.08 Å². The molecule has 0 spiro atoms. The second-order valence-corrected chi connectivity index (χ2v) is 4.34. The maximum absolute atomic E-state index is 13.1. The van der Waals surface area contributed by atoms with Crippen LogP contribution < -0.4 is 0 Å². The lowest BCUT2D eigenvalue weighted by Gasteiger charge is -2.08. The van der Waals surface area contributed by atoms with Gasteiger partial charge in [-0.15, -0.1) is 0 Å². The Morgan fingerprint density at radius 3 is 2.00 bits per heavy atom. The Morgan fingerprint density at radius 2 is 1.41 bits per heavy atom. The van der Waals surface area contributed by atoms with Gasteiger partial charge in [-0.05, 0) is 11.6 Å². The van der Waals surface area contributed by atoms with E-state index in [-0.39, 0.29) is 5.57 Å². The van der Waals surface area contributed by atoms with Crippen molar-refractivity contribution in [2.24, 2.45) is 0 Å². The van der Waals surface area contributed by atoms with E-state index in [0.717, 1.165) is 0 Å². The number of hydrogen-bond acceptors (Lipinski definition) is 0. The number of rotatable bonds is 2. The standard InChI is InChI=1S/C14H9BrF2/c15-12-9-5-4-8-11(12)13(14(16)17)10-6-2-1-3-7-10/h1-9H. The van der Waals surface area contributed by atoms with Crippen molar-refractivity contribution in [1.82, 2.24) is 0 Å². The van der Waals surface area contributed by atoms with E-state index in [0.29, 0.717) is 15.6 Å². The summed E-state index contributed by atoms with van der Waals surface area (Å²) in [4.78, 5) is 0. The van der Waals surface area contributed by atoms with Crippen LogP contribution in [0.5, 0.6) is 0 Å². The molecule has 0 aliphatic heterocycles. The summed E-state index contributed by atoms with van der Waals surface area (Å²) in [5.41, 5.74) is 0.983. The molecule has 17 heavy (non-hydrogen) atoms. The van der Waals surface area contributed by atoms with Crippen LogP contribution in [0.15, 0.2) is 65.2 Å². The summed E-state index contributed by atoms with van der Waals surface area (Å²) in [6.45, 7) is 0. The molecule has 86 valence electrons. The van der Waals surface area contributed by atoms with Crippen molar-refractivity contribution >= 4 is 21.5 Å². The van der Waals surface area contributed by atoms with E-state index in [9.17, 15) is 8.78 Å². The molecule has 0 aliphatic carbocycles. The molecule has 0 aliphatic rings. The highest BCUT2D eigenvalue weighted by atomic mass is 79.9. The first-order chi connectivity index (χ1) is 8.20. The van der Waals surface area contributed by atoms with Crippen LogP contribution >= 0.6 is 15.9 Å². The van der Waals surface area contributed by atoms with Crippen LogP contribution in [-0.4, -0.2) is 0 Å². The van der Waals surface area contributed by atoms with Crippen LogP contribution in [0.1, 0.15) is 11.1 Å². The third kappa shape index (κ3) is 2.61. The highest BCUT2D eigenvalue weighted by Crippen LogP contribution is 2.32. The van der Waals surface area contributed by atoms with E-state index in [2.05, 4.69) is 15.9 Å². The highest BCUT2D eigenvalue weighted by Gasteiger charge is 2.13. The van der Waals surface area contributed by atoms with Gasteiger partial charge in [0.1, 0.15) is 0 Å². The molecule has 0 saturated heterocycles. The van der Waals surface area contributed by atoms with Gasteiger partial charge in [0, 0.05) is 10.0 Å². The fourth-order valence-electron chi connectivity index (χ4n) is 1.64. The average molecular weight is 295 g/mol. The third-order valence-electron chi connectivity index (χ3n) is 2.39. The zero-order valence-corrected chi connectivity index (χ0v) is 10.4. The molecule has 2 rings (SSSR count). The normalized spacial score (nSPS) is 10.1. The fourth-order valence-corrected chi connectivity index (χ4v) is 2.12. The molecule has 0 amide bonds. The molecule has 0 atom stereocenters. The molecule has 0 nitrogen and oxygen atoms in total. The average Bonchev–Trinajstić information content (AvgIpc) is 2.33. The van der Waals surface area contributed by atoms with Crippen LogP contribution in [0.25, 0.3) is 5.57 Å². The molecule has 0 radical (unpaired) electrons. The summed E-state index contributed by atoms with van der Waals surface area (Å²) < 4.78 is 26.9. The van der Waals surface area contributed by atoms with Gasteiger partial charge in [-0.3, -0.25) is 0 Å². The Bertz CT molecular complexity index is 543. The van der Waals surface area contributed by atoms with Crippen LogP contribution in [0.4, 0.5) is 8.78 Å². The van der Waals surface area contributed by atoms with Crippen molar-refractivity contribution in [3.05, 3.63) is 76.3 Å². The van der Waals surface area contributed by atoms with Crippen molar-refractivity contribution in [3.63, 3.8) is 0 Å². The van der Waals surface area contributed by atoms with E-state index in [1.165, 1.54) is 0 Å². The van der Waals surface area contributed by atoms with Gasteiger partial charge in [-0.1, -0.05) is 64.5 Å². The summed E-state index contributed by atoms with van der Waals surface area (Å²) >= 11 is 3.29. The van der Waals surface area contributed by atoms with E-state index in [1.807, 2.05) is 0 Å². The van der Waals surface area contributed by atoms with Crippen molar-refractivity contribution in [1.29, 1.82) is 0 Å². The van der Waals surface area contributed by atoms with Gasteiger partial charge in [0.2, 0.25) is 0 Å². The maximum Gasteiger partial charge on any atom is 0.278 e. The summed E-state index contributed by atoms with van der Waals surface area (Å²) in [5, 5.41) is 0. The highest BCUT2D eigenvalue weighted by molar-refractivity contribution is 9.10. The molecule has 0 heterocycles. The lowest BCUT2D eigenvalue weighted by atomic mass is 9.99. The van der Waals surface area contributed by atoms with E-state index >= 15 is 0 Å². The summed E-state index contributed by atoms with van der Waals surface area (Å²) in [5.74, 6) is 0. The molecule has 3 heteroatoms. The molecular weight excluding hydrogens is 286 g/mol. The molecule has 0 unspecified atom stereocenters. The van der Waals surface area contributed by atoms with Crippen LogP contribution in [0.2, 0.25) is 0 Å². The van der Waals surface area contributed by atoms with Gasteiger partial charge >= 0.3 is 0 Å². The Labute approximate surface area is 107 Å². The van der Waals surface area contributed by atoms with Crippen LogP contribution in [-0.2, 0) is 0 Å². The summed E-state index contributed by atoms with van der Waals surface area (Å²) in [7, 11) is 0. The predicted molar refractivity (Wildman–Crippen MR) is 68.8 cm³/mol. The quantitative estimate of drug-likeness (QED) is 0.722. The minimum atomic E-state index is -1.68. The Kier molecular flexibility index (Phi) is 3.69. The second kappa shape index (κ2) is 5.23. The number of benzene rings is 2. The zero-order valence-electron chi connectivity index (χ0n) is 8.83. The first kappa shape index (κ1) is 12.0. The first-order valence-corrected chi connectivity index (χ1v) is 5.85. The topological polar surface area (TPSA) is 0 Å². The predicted octanol–water partition coefficient (Wildman–Crippen LogP) is 5.11. The van der Waals surface area contributed by atoms with Crippen molar-refractivity contribution in [2.75, 3.05) is 0 Å². The first-order valence-electron chi connectivity index (χ1n) is 5.05. The SMILES string of the molecule is FC(F)=C(c1ccccc1)c1ccccc1Br. The summed E-state index contributed by atoms with van der Waals surface area (Å²) in [6.07, 6.45) is -1.68. The lowest BCUT2D eigenvalue weighted by Crippen LogP contribution is -1.90. The van der Waals surface area contributed by atoms with Gasteiger partial charge in [0.15, 0.2) is 0 Å². The van der Waals surface area contributed by atoms with E-state index in [1.54, 1.807) is 54.6 Å². The number of hydrogen-bond donors (Lipinski definition) is 0. The maximum atomic E-state index is 13.1. The van der Waals surface area contributed by atoms with Crippen LogP contribution in [0.3, 0.4) is 0 Å². The summed E-state index contributed by atoms with van der Waals surface area (Å²) in [6, 6.07) is 15.6. The zero-order chi connectivity index (χ0) is 12.3. The third-order valence-corrected chi connectivity index (χ3v) is 3.09. The van der Waals surface area contributed by atoms with E-state index < -0.39 is 6.08 Å². The van der Waals surface area contributed by atoms with Gasteiger partial charge < -0.3 is 0 Å². The van der Waals surface area contributed by atoms with Gasteiger partial charge in [0.05, 0.1) is 5.57 Å². The molecular formula is C14H9BrF2. The Hall–Kier alpha value is -1.48. The molecule has 2 aromatic rings. The lowest BCUT2D eigenvalue weighted by molar-refractivity contribution is 0.426. The smallest absolute Gasteiger partial charge is 0.173 e. The van der Waals surface area contributed by atoms with Gasteiger partial charge in [-0.25, -0.2) is 0 Å². The molecule has 0 fully saturated rings. The molecule has 0 aromatic heterocycles. The number of halogens is 3. The largest absolute Gasteiger partial charge is 0.278 e. The molecule has 2 aromatic carbocycles. The minimum absolute atomic E-state index is 0.0296. The van der Waals surface area contributed by atoms with Crippen molar-refractivity contribution in [2.45, 2.75) is 0 Å². The molecule has 0 saturated carbocycles.